The van der Waals surface area contributed by atoms with Crippen LogP contribution in [-0.4, -0.2) is 51.5 Å². The van der Waals surface area contributed by atoms with E-state index in [4.69, 9.17) is 4.74 Å². The van der Waals surface area contributed by atoms with Crippen molar-refractivity contribution in [1.82, 2.24) is 24.7 Å². The van der Waals surface area contributed by atoms with Gasteiger partial charge in [-0.25, -0.2) is 24.4 Å². The van der Waals surface area contributed by atoms with Crippen LogP contribution in [0.1, 0.15) is 23.4 Å². The Hall–Kier alpha value is -2.55. The second kappa shape index (κ2) is 6.75. The van der Waals surface area contributed by atoms with Gasteiger partial charge >= 0.3 is 5.97 Å². The third-order valence-electron chi connectivity index (χ3n) is 2.48. The smallest absolute Gasteiger partial charge is 0.377 e. The summed E-state index contributed by atoms with van der Waals surface area (Å²) in [6, 6.07) is 1.71. The summed E-state index contributed by atoms with van der Waals surface area (Å²) in [5.41, 5.74) is 0. The molecule has 0 aliphatic rings. The van der Waals surface area contributed by atoms with Gasteiger partial charge in [0.05, 0.1) is 7.11 Å². The van der Waals surface area contributed by atoms with Gasteiger partial charge in [-0.05, 0) is 6.92 Å². The number of hydrogen-bond acceptors (Lipinski definition) is 8. The zero-order valence-electron chi connectivity index (χ0n) is 12.0. The molecule has 9 heteroatoms. The number of rotatable bonds is 6. The van der Waals surface area contributed by atoms with Crippen LogP contribution in [0.25, 0.3) is 5.82 Å². The average Bonchev–Trinajstić information content (AvgIpc) is 2.97. The molecule has 2 heterocycles. The van der Waals surface area contributed by atoms with Gasteiger partial charge in [-0.1, -0.05) is 0 Å². The molecule has 0 fully saturated rings. The van der Waals surface area contributed by atoms with Crippen molar-refractivity contribution in [2.75, 3.05) is 26.1 Å². The zero-order valence-corrected chi connectivity index (χ0v) is 12.0. The lowest BCUT2D eigenvalue weighted by Gasteiger charge is -2.08. The van der Waals surface area contributed by atoms with Gasteiger partial charge in [0.2, 0.25) is 0 Å². The summed E-state index contributed by atoms with van der Waals surface area (Å²) in [7, 11) is 2.83. The van der Waals surface area contributed by atoms with E-state index in [1.54, 1.807) is 13.2 Å². The molecule has 0 amide bonds. The first-order chi connectivity index (χ1) is 10.2. The maximum absolute atomic E-state index is 11.4. The van der Waals surface area contributed by atoms with E-state index in [9.17, 15) is 4.79 Å². The molecule has 0 aliphatic heterocycles. The molecule has 0 aromatic carbocycles. The van der Waals surface area contributed by atoms with Crippen LogP contribution in [-0.2, 0) is 16.1 Å². The Bertz CT molecular complexity index is 603. The van der Waals surface area contributed by atoms with Crippen LogP contribution in [0.3, 0.4) is 0 Å². The van der Waals surface area contributed by atoms with Gasteiger partial charge in [-0.2, -0.15) is 0 Å². The van der Waals surface area contributed by atoms with Crippen LogP contribution in [0.2, 0.25) is 0 Å². The molecule has 0 atom stereocenters. The number of ether oxygens (including phenoxy) is 2. The van der Waals surface area contributed by atoms with Gasteiger partial charge < -0.3 is 14.8 Å². The summed E-state index contributed by atoms with van der Waals surface area (Å²) in [5.74, 6) is 0.989. The molecule has 0 unspecified atom stereocenters. The largest absolute Gasteiger partial charge is 0.463 e. The highest BCUT2D eigenvalue weighted by molar-refractivity contribution is 5.84. The van der Waals surface area contributed by atoms with E-state index in [1.165, 1.54) is 18.1 Å². The second-order valence-corrected chi connectivity index (χ2v) is 4.00. The Morgan fingerprint density at radius 2 is 2.19 bits per heavy atom. The number of carbonyl (C=O) groups is 1. The quantitative estimate of drug-likeness (QED) is 0.764. The molecule has 0 spiro atoms. The van der Waals surface area contributed by atoms with Crippen molar-refractivity contribution in [2.45, 2.75) is 13.5 Å². The van der Waals surface area contributed by atoms with Gasteiger partial charge in [0.1, 0.15) is 18.8 Å². The lowest BCUT2D eigenvalue weighted by atomic mass is 10.4. The summed E-state index contributed by atoms with van der Waals surface area (Å²) in [4.78, 5) is 23.9. The van der Waals surface area contributed by atoms with Crippen LogP contribution in [0.15, 0.2) is 12.4 Å². The molecule has 0 aliphatic carbocycles. The first kappa shape index (κ1) is 14.9. The highest BCUT2D eigenvalue weighted by atomic mass is 16.5. The van der Waals surface area contributed by atoms with E-state index >= 15 is 0 Å². The summed E-state index contributed by atoms with van der Waals surface area (Å²) in [5, 5.41) is 7.12. The third kappa shape index (κ3) is 3.51. The predicted octanol–water partition coefficient (Wildman–Crippen LogP) is 0.422. The monoisotopic (exact) mass is 292 g/mol. The van der Waals surface area contributed by atoms with Crippen molar-refractivity contribution in [2.24, 2.45) is 0 Å². The highest BCUT2D eigenvalue weighted by Crippen LogP contribution is 2.11. The van der Waals surface area contributed by atoms with Crippen molar-refractivity contribution in [3.8, 4) is 5.82 Å². The molecule has 0 saturated heterocycles. The topological polar surface area (TPSA) is 104 Å². The fraction of sp³-hybridized carbons (Fsp3) is 0.417. The summed E-state index contributed by atoms with van der Waals surface area (Å²) < 4.78 is 11.0. The number of anilines is 1. The summed E-state index contributed by atoms with van der Waals surface area (Å²) in [6.45, 7) is 2.95. The Kier molecular flexibility index (Phi) is 4.77. The van der Waals surface area contributed by atoms with Gasteiger partial charge in [-0.3, -0.25) is 0 Å². The second-order valence-electron chi connectivity index (χ2n) is 4.00. The number of hydrogen-bond donors (Lipinski definition) is 1. The SMILES string of the molecule is CCNc1cc(-n2cnc(C(=O)OC)n2)nc(COC)n1. The fourth-order valence-corrected chi connectivity index (χ4v) is 1.62. The fourth-order valence-electron chi connectivity index (χ4n) is 1.62. The van der Waals surface area contributed by atoms with Gasteiger partial charge in [0.25, 0.3) is 5.82 Å². The maximum atomic E-state index is 11.4. The highest BCUT2D eigenvalue weighted by Gasteiger charge is 2.13. The van der Waals surface area contributed by atoms with Gasteiger partial charge in [0.15, 0.2) is 11.6 Å². The number of nitrogens with one attached hydrogen (secondary N) is 1. The van der Waals surface area contributed by atoms with Crippen LogP contribution in [0.5, 0.6) is 0 Å². The lowest BCUT2D eigenvalue weighted by molar-refractivity contribution is 0.0587. The van der Waals surface area contributed by atoms with Crippen molar-refractivity contribution in [3.05, 3.63) is 24.0 Å². The Labute approximate surface area is 121 Å². The van der Waals surface area contributed by atoms with Gasteiger partial charge in [0, 0.05) is 19.7 Å². The van der Waals surface area contributed by atoms with Gasteiger partial charge in [-0.15, -0.1) is 5.10 Å². The van der Waals surface area contributed by atoms with E-state index in [-0.39, 0.29) is 12.4 Å². The molecule has 0 saturated carbocycles. The third-order valence-corrected chi connectivity index (χ3v) is 2.48. The number of nitrogens with zero attached hydrogens (tertiary/aromatic N) is 5. The molecule has 112 valence electrons. The van der Waals surface area contributed by atoms with E-state index in [0.717, 1.165) is 0 Å². The Morgan fingerprint density at radius 3 is 2.86 bits per heavy atom. The van der Waals surface area contributed by atoms with Crippen molar-refractivity contribution in [1.29, 1.82) is 0 Å². The number of carbonyl (C=O) groups excluding carboxylic acids is 1. The first-order valence-corrected chi connectivity index (χ1v) is 6.29. The minimum absolute atomic E-state index is 0.0330. The van der Waals surface area contributed by atoms with Crippen molar-refractivity contribution >= 4 is 11.8 Å². The number of aromatic nitrogens is 5. The molecule has 0 radical (unpaired) electrons. The molecule has 9 nitrogen and oxygen atoms in total. The van der Waals surface area contributed by atoms with E-state index < -0.39 is 5.97 Å². The minimum Gasteiger partial charge on any atom is -0.463 e. The molecule has 2 aromatic rings. The molecular weight excluding hydrogens is 276 g/mol. The van der Waals surface area contributed by atoms with Crippen LogP contribution in [0, 0.1) is 0 Å². The Morgan fingerprint density at radius 1 is 1.38 bits per heavy atom. The standard InChI is InChI=1S/C12H16N6O3/c1-4-13-8-5-10(16-9(15-8)6-20-2)18-7-14-11(17-18)12(19)21-3/h5,7H,4,6H2,1-3H3,(H,13,15,16). The molecule has 0 bridgehead atoms. The van der Waals surface area contributed by atoms with Crippen LogP contribution < -0.4 is 5.32 Å². The van der Waals surface area contributed by atoms with E-state index in [2.05, 4.69) is 30.1 Å². The van der Waals surface area contributed by atoms with Crippen molar-refractivity contribution < 1.29 is 14.3 Å². The van der Waals surface area contributed by atoms with Crippen LogP contribution in [0.4, 0.5) is 5.82 Å². The molecular formula is C12H16N6O3. The van der Waals surface area contributed by atoms with E-state index in [1.807, 2.05) is 6.92 Å². The molecule has 1 N–H and O–H groups in total. The number of methoxy groups -OCH3 is 2. The first-order valence-electron chi connectivity index (χ1n) is 6.29. The maximum Gasteiger partial charge on any atom is 0.377 e. The average molecular weight is 292 g/mol. The van der Waals surface area contributed by atoms with Crippen molar-refractivity contribution in [3.63, 3.8) is 0 Å². The molecule has 2 rings (SSSR count). The Balaban J connectivity index is 2.37. The van der Waals surface area contributed by atoms with Crippen LogP contribution >= 0.6 is 0 Å². The lowest BCUT2D eigenvalue weighted by Crippen LogP contribution is -2.10. The minimum atomic E-state index is -0.605. The predicted molar refractivity (Wildman–Crippen MR) is 73.2 cm³/mol. The molecule has 21 heavy (non-hydrogen) atoms. The zero-order chi connectivity index (χ0) is 15.2. The summed E-state index contributed by atoms with van der Waals surface area (Å²) >= 11 is 0. The normalized spacial score (nSPS) is 10.4. The van der Waals surface area contributed by atoms with E-state index in [0.29, 0.717) is 24.0 Å². The summed E-state index contributed by atoms with van der Waals surface area (Å²) in [6.07, 6.45) is 1.39. The number of esters is 1. The molecule has 2 aromatic heterocycles.